The Labute approximate surface area is 143 Å². The standard InChI is InChI=1S/C19H14N2O2S/c1-12-7-9-14(10-8-12)23-19-15(11-20)16(21)18(24-19)17(22)13-5-3-2-4-6-13/h2-10H,21H2,1H3. The first-order valence-electron chi connectivity index (χ1n) is 7.26. The van der Waals surface area contributed by atoms with Crippen molar-refractivity contribution in [2.24, 2.45) is 0 Å². The third-order valence-corrected chi connectivity index (χ3v) is 4.58. The maximum Gasteiger partial charge on any atom is 0.205 e. The molecule has 2 aromatic carbocycles. The molecule has 0 aliphatic heterocycles. The van der Waals surface area contributed by atoms with Gasteiger partial charge in [-0.25, -0.2) is 0 Å². The van der Waals surface area contributed by atoms with Gasteiger partial charge in [-0.05, 0) is 19.1 Å². The van der Waals surface area contributed by atoms with Crippen molar-refractivity contribution in [1.29, 1.82) is 5.26 Å². The number of carbonyl (C=O) groups is 1. The lowest BCUT2D eigenvalue weighted by molar-refractivity contribution is 0.104. The topological polar surface area (TPSA) is 76.1 Å². The molecule has 24 heavy (non-hydrogen) atoms. The SMILES string of the molecule is Cc1ccc(Oc2sc(C(=O)c3ccccc3)c(N)c2C#N)cc1. The number of rotatable bonds is 4. The van der Waals surface area contributed by atoms with Crippen molar-refractivity contribution in [3.63, 3.8) is 0 Å². The number of nitrogens with zero attached hydrogens (tertiary/aromatic N) is 1. The van der Waals surface area contributed by atoms with Crippen molar-refractivity contribution in [1.82, 2.24) is 0 Å². The van der Waals surface area contributed by atoms with Crippen LogP contribution in [0.2, 0.25) is 0 Å². The van der Waals surface area contributed by atoms with Gasteiger partial charge in [0.25, 0.3) is 0 Å². The van der Waals surface area contributed by atoms with Crippen molar-refractivity contribution < 1.29 is 9.53 Å². The zero-order valence-electron chi connectivity index (χ0n) is 12.9. The van der Waals surface area contributed by atoms with E-state index in [1.54, 1.807) is 24.3 Å². The van der Waals surface area contributed by atoms with Gasteiger partial charge in [-0.1, -0.05) is 59.4 Å². The maximum atomic E-state index is 12.6. The average molecular weight is 334 g/mol. The quantitative estimate of drug-likeness (QED) is 0.711. The molecule has 5 heteroatoms. The smallest absolute Gasteiger partial charge is 0.205 e. The van der Waals surface area contributed by atoms with E-state index in [0.717, 1.165) is 16.9 Å². The third kappa shape index (κ3) is 3.00. The molecule has 0 unspecified atom stereocenters. The van der Waals surface area contributed by atoms with Gasteiger partial charge in [0, 0.05) is 5.56 Å². The van der Waals surface area contributed by atoms with E-state index in [1.807, 2.05) is 43.3 Å². The second-order valence-electron chi connectivity index (χ2n) is 5.23. The van der Waals surface area contributed by atoms with Gasteiger partial charge >= 0.3 is 0 Å². The Balaban J connectivity index is 1.98. The minimum atomic E-state index is -0.214. The minimum absolute atomic E-state index is 0.165. The Morgan fingerprint density at radius 1 is 1.12 bits per heavy atom. The van der Waals surface area contributed by atoms with Crippen LogP contribution in [0.3, 0.4) is 0 Å². The summed E-state index contributed by atoms with van der Waals surface area (Å²) < 4.78 is 5.77. The molecule has 2 N–H and O–H groups in total. The second kappa shape index (κ2) is 6.57. The van der Waals surface area contributed by atoms with Crippen molar-refractivity contribution in [3.8, 4) is 16.9 Å². The zero-order valence-corrected chi connectivity index (χ0v) is 13.8. The van der Waals surface area contributed by atoms with Crippen LogP contribution in [-0.4, -0.2) is 5.78 Å². The first-order valence-corrected chi connectivity index (χ1v) is 8.08. The molecule has 0 aliphatic carbocycles. The van der Waals surface area contributed by atoms with E-state index in [1.165, 1.54) is 0 Å². The second-order valence-corrected chi connectivity index (χ2v) is 6.21. The van der Waals surface area contributed by atoms with Crippen molar-refractivity contribution in [3.05, 3.63) is 76.2 Å². The van der Waals surface area contributed by atoms with Gasteiger partial charge in [-0.3, -0.25) is 4.79 Å². The number of nitrogens with two attached hydrogens (primary N) is 1. The molecular formula is C19H14N2O2S. The van der Waals surface area contributed by atoms with Crippen LogP contribution in [0.15, 0.2) is 54.6 Å². The first-order chi connectivity index (χ1) is 11.6. The molecule has 0 spiro atoms. The average Bonchev–Trinajstić information content (AvgIpc) is 2.92. The Bertz CT molecular complexity index is 922. The predicted octanol–water partition coefficient (Wildman–Crippen LogP) is 4.53. The van der Waals surface area contributed by atoms with Gasteiger partial charge in [0.15, 0.2) is 0 Å². The summed E-state index contributed by atoms with van der Waals surface area (Å²) in [5.74, 6) is 0.380. The summed E-state index contributed by atoms with van der Waals surface area (Å²) in [6.45, 7) is 1.98. The van der Waals surface area contributed by atoms with E-state index in [9.17, 15) is 10.1 Å². The predicted molar refractivity (Wildman–Crippen MR) is 94.6 cm³/mol. The Hall–Kier alpha value is -3.10. The van der Waals surface area contributed by atoms with Gasteiger partial charge in [-0.2, -0.15) is 5.26 Å². The highest BCUT2D eigenvalue weighted by atomic mass is 32.1. The number of hydrogen-bond acceptors (Lipinski definition) is 5. The highest BCUT2D eigenvalue weighted by Gasteiger charge is 2.23. The van der Waals surface area contributed by atoms with Crippen LogP contribution < -0.4 is 10.5 Å². The molecule has 0 amide bonds. The molecule has 0 saturated heterocycles. The highest BCUT2D eigenvalue weighted by Crippen LogP contribution is 2.40. The number of anilines is 1. The fourth-order valence-electron chi connectivity index (χ4n) is 2.20. The number of carbonyl (C=O) groups excluding carboxylic acids is 1. The number of nitrogen functional groups attached to an aromatic ring is 1. The monoisotopic (exact) mass is 334 g/mol. The van der Waals surface area contributed by atoms with Crippen LogP contribution in [0, 0.1) is 18.3 Å². The van der Waals surface area contributed by atoms with Crippen LogP contribution >= 0.6 is 11.3 Å². The van der Waals surface area contributed by atoms with Crippen LogP contribution in [0.1, 0.15) is 26.4 Å². The zero-order chi connectivity index (χ0) is 17.1. The van der Waals surface area contributed by atoms with Crippen molar-refractivity contribution in [2.75, 3.05) is 5.73 Å². The van der Waals surface area contributed by atoms with E-state index in [-0.39, 0.29) is 17.0 Å². The summed E-state index contributed by atoms with van der Waals surface area (Å²) in [6, 6.07) is 18.3. The lowest BCUT2D eigenvalue weighted by Gasteiger charge is -2.03. The highest BCUT2D eigenvalue weighted by molar-refractivity contribution is 7.17. The first kappa shape index (κ1) is 15.8. The molecule has 1 aromatic heterocycles. The van der Waals surface area contributed by atoms with Crippen LogP contribution in [0.25, 0.3) is 0 Å². The summed E-state index contributed by atoms with van der Waals surface area (Å²) in [6.07, 6.45) is 0. The Kier molecular flexibility index (Phi) is 4.32. The van der Waals surface area contributed by atoms with E-state index in [0.29, 0.717) is 21.3 Å². The molecule has 0 aliphatic rings. The molecule has 4 nitrogen and oxygen atoms in total. The van der Waals surface area contributed by atoms with E-state index < -0.39 is 0 Å². The fraction of sp³-hybridized carbons (Fsp3) is 0.0526. The van der Waals surface area contributed by atoms with E-state index in [4.69, 9.17) is 10.5 Å². The van der Waals surface area contributed by atoms with Crippen molar-refractivity contribution in [2.45, 2.75) is 6.92 Å². The van der Waals surface area contributed by atoms with Crippen LogP contribution in [0.4, 0.5) is 5.69 Å². The number of benzene rings is 2. The summed E-state index contributed by atoms with van der Waals surface area (Å²) in [5.41, 5.74) is 8.01. The molecule has 3 aromatic rings. The number of thiophene rings is 1. The molecule has 0 atom stereocenters. The molecule has 0 saturated carbocycles. The molecule has 0 radical (unpaired) electrons. The van der Waals surface area contributed by atoms with Crippen molar-refractivity contribution >= 4 is 22.8 Å². The fourth-order valence-corrected chi connectivity index (χ4v) is 3.21. The molecule has 1 heterocycles. The summed E-state index contributed by atoms with van der Waals surface area (Å²) in [4.78, 5) is 12.9. The summed E-state index contributed by atoms with van der Waals surface area (Å²) in [7, 11) is 0. The number of ketones is 1. The molecule has 3 rings (SSSR count). The van der Waals surface area contributed by atoms with Crippen LogP contribution in [-0.2, 0) is 0 Å². The third-order valence-electron chi connectivity index (χ3n) is 3.50. The van der Waals surface area contributed by atoms with Gasteiger partial charge in [-0.15, -0.1) is 0 Å². The van der Waals surface area contributed by atoms with E-state index >= 15 is 0 Å². The molecule has 118 valence electrons. The van der Waals surface area contributed by atoms with Gasteiger partial charge in [0.05, 0.1) is 5.69 Å². The number of hydrogen-bond donors (Lipinski definition) is 1. The van der Waals surface area contributed by atoms with Gasteiger partial charge in [0.1, 0.15) is 22.3 Å². The number of aryl methyl sites for hydroxylation is 1. The van der Waals surface area contributed by atoms with Gasteiger partial charge < -0.3 is 10.5 Å². The minimum Gasteiger partial charge on any atom is -0.445 e. The Morgan fingerprint density at radius 2 is 1.79 bits per heavy atom. The number of ether oxygens (including phenoxy) is 1. The molecular weight excluding hydrogens is 320 g/mol. The summed E-state index contributed by atoms with van der Waals surface area (Å²) >= 11 is 1.09. The normalized spacial score (nSPS) is 10.2. The number of nitriles is 1. The van der Waals surface area contributed by atoms with Gasteiger partial charge in [0.2, 0.25) is 10.8 Å². The Morgan fingerprint density at radius 3 is 2.42 bits per heavy atom. The van der Waals surface area contributed by atoms with E-state index in [2.05, 4.69) is 0 Å². The summed E-state index contributed by atoms with van der Waals surface area (Å²) in [5, 5.41) is 9.70. The lowest BCUT2D eigenvalue weighted by atomic mass is 10.1. The molecule has 0 bridgehead atoms. The maximum absolute atomic E-state index is 12.6. The molecule has 0 fully saturated rings. The largest absolute Gasteiger partial charge is 0.445 e. The lowest BCUT2D eigenvalue weighted by Crippen LogP contribution is -2.02. The van der Waals surface area contributed by atoms with Crippen LogP contribution in [0.5, 0.6) is 10.8 Å².